The lowest BCUT2D eigenvalue weighted by Gasteiger charge is -2.35. The molecule has 2 amide bonds. The van der Waals surface area contributed by atoms with Gasteiger partial charge < -0.3 is 9.80 Å². The number of halogens is 4. The van der Waals surface area contributed by atoms with Gasteiger partial charge in [-0.15, -0.1) is 11.8 Å². The minimum absolute atomic E-state index is 0.0813. The molecule has 0 radical (unpaired) electrons. The second-order valence-electron chi connectivity index (χ2n) is 8.08. The zero-order chi connectivity index (χ0) is 22.9. The summed E-state index contributed by atoms with van der Waals surface area (Å²) in [7, 11) is 0. The number of hydrogen-bond acceptors (Lipinski definition) is 3. The highest BCUT2D eigenvalue weighted by molar-refractivity contribution is 8.00. The number of alkyl halides is 3. The number of likely N-dealkylation sites (tertiary alicyclic amines) is 1. The number of hydrogen-bond donors (Lipinski definition) is 0. The van der Waals surface area contributed by atoms with Crippen molar-refractivity contribution in [2.24, 2.45) is 5.92 Å². The summed E-state index contributed by atoms with van der Waals surface area (Å²) in [6.07, 6.45) is -3.05. The normalized spacial score (nSPS) is 20.1. The maximum absolute atomic E-state index is 13.1. The Morgan fingerprint density at radius 2 is 1.75 bits per heavy atom. The van der Waals surface area contributed by atoms with Crippen LogP contribution in [0.3, 0.4) is 0 Å². The van der Waals surface area contributed by atoms with E-state index < -0.39 is 22.9 Å². The minimum atomic E-state index is -4.43. The molecule has 0 aliphatic carbocycles. The Bertz CT molecular complexity index is 988. The fraction of sp³-hybridized carbons (Fsp3) is 0.391. The van der Waals surface area contributed by atoms with Crippen molar-refractivity contribution >= 4 is 23.6 Å². The standard InChI is InChI=1S/C23H22F4N2O2S/c24-19-6-4-16(5-7-19)21(31)28-10-8-15(9-11-28)13-29-20(30)14-32-22(29)17-2-1-3-18(12-17)23(25,26)27/h1-7,12,15,22H,8-11,13-14H2/t22-/m1/s1. The number of rotatable bonds is 4. The van der Waals surface area contributed by atoms with Crippen LogP contribution in [0.4, 0.5) is 17.6 Å². The largest absolute Gasteiger partial charge is 0.416 e. The molecular weight excluding hydrogens is 444 g/mol. The molecule has 170 valence electrons. The van der Waals surface area contributed by atoms with E-state index >= 15 is 0 Å². The van der Waals surface area contributed by atoms with Crippen LogP contribution >= 0.6 is 11.8 Å². The molecule has 2 aliphatic rings. The summed E-state index contributed by atoms with van der Waals surface area (Å²) in [6, 6.07) is 10.6. The van der Waals surface area contributed by atoms with Crippen LogP contribution in [0.15, 0.2) is 48.5 Å². The first-order chi connectivity index (χ1) is 15.2. The molecule has 2 aromatic rings. The van der Waals surface area contributed by atoms with Gasteiger partial charge in [0.05, 0.1) is 11.3 Å². The van der Waals surface area contributed by atoms with Crippen molar-refractivity contribution in [1.29, 1.82) is 0 Å². The van der Waals surface area contributed by atoms with Crippen LogP contribution in [0.25, 0.3) is 0 Å². The van der Waals surface area contributed by atoms with Crippen LogP contribution in [0.2, 0.25) is 0 Å². The molecule has 1 atom stereocenters. The van der Waals surface area contributed by atoms with E-state index in [9.17, 15) is 27.2 Å². The molecule has 2 saturated heterocycles. The van der Waals surface area contributed by atoms with Crippen LogP contribution in [-0.2, 0) is 11.0 Å². The molecule has 2 aliphatic heterocycles. The summed E-state index contributed by atoms with van der Waals surface area (Å²) in [6.45, 7) is 1.49. The van der Waals surface area contributed by atoms with Crippen molar-refractivity contribution in [2.45, 2.75) is 24.4 Å². The lowest BCUT2D eigenvalue weighted by atomic mass is 9.95. The van der Waals surface area contributed by atoms with Gasteiger partial charge in [-0.05, 0) is 60.7 Å². The number of benzene rings is 2. The van der Waals surface area contributed by atoms with E-state index in [1.54, 1.807) is 15.9 Å². The molecule has 2 fully saturated rings. The Morgan fingerprint density at radius 1 is 1.06 bits per heavy atom. The highest BCUT2D eigenvalue weighted by atomic mass is 32.2. The molecular formula is C23H22F4N2O2S. The second kappa shape index (κ2) is 9.13. The molecule has 4 nitrogen and oxygen atoms in total. The zero-order valence-corrected chi connectivity index (χ0v) is 18.0. The molecule has 2 heterocycles. The van der Waals surface area contributed by atoms with E-state index in [1.165, 1.54) is 42.1 Å². The smallest absolute Gasteiger partial charge is 0.339 e. The average molecular weight is 467 g/mol. The first kappa shape index (κ1) is 22.6. The number of piperidine rings is 1. The molecule has 0 bridgehead atoms. The summed E-state index contributed by atoms with van der Waals surface area (Å²) in [5.41, 5.74) is 0.183. The summed E-state index contributed by atoms with van der Waals surface area (Å²) in [4.78, 5) is 28.5. The second-order valence-corrected chi connectivity index (χ2v) is 9.14. The Labute approximate surface area is 187 Å². The van der Waals surface area contributed by atoms with Crippen LogP contribution < -0.4 is 0 Å². The molecule has 0 spiro atoms. The summed E-state index contributed by atoms with van der Waals surface area (Å²) < 4.78 is 52.4. The number of thioether (sulfide) groups is 1. The molecule has 0 N–H and O–H groups in total. The molecule has 32 heavy (non-hydrogen) atoms. The maximum atomic E-state index is 13.1. The molecule has 0 saturated carbocycles. The lowest BCUT2D eigenvalue weighted by molar-refractivity contribution is -0.137. The maximum Gasteiger partial charge on any atom is 0.416 e. The van der Waals surface area contributed by atoms with Crippen LogP contribution in [0.1, 0.15) is 39.7 Å². The van der Waals surface area contributed by atoms with Crippen molar-refractivity contribution in [3.05, 3.63) is 71.0 Å². The first-order valence-electron chi connectivity index (χ1n) is 10.4. The fourth-order valence-corrected chi connectivity index (χ4v) is 5.36. The van der Waals surface area contributed by atoms with Gasteiger partial charge in [-0.25, -0.2) is 4.39 Å². The molecule has 0 unspecified atom stereocenters. The van der Waals surface area contributed by atoms with Gasteiger partial charge in [0.2, 0.25) is 5.91 Å². The molecule has 0 aromatic heterocycles. The SMILES string of the molecule is O=C(c1ccc(F)cc1)N1CCC(CN2C(=O)CS[C@@H]2c2cccc(C(F)(F)F)c2)CC1. The molecule has 2 aromatic carbocycles. The van der Waals surface area contributed by atoms with Crippen molar-refractivity contribution in [1.82, 2.24) is 9.80 Å². The predicted molar refractivity (Wildman–Crippen MR) is 113 cm³/mol. The predicted octanol–water partition coefficient (Wildman–Crippen LogP) is 4.97. The zero-order valence-electron chi connectivity index (χ0n) is 17.1. The third-order valence-electron chi connectivity index (χ3n) is 5.92. The average Bonchev–Trinajstić information content (AvgIpc) is 3.14. The first-order valence-corrected chi connectivity index (χ1v) is 11.4. The van der Waals surface area contributed by atoms with E-state index in [-0.39, 0.29) is 23.5 Å². The Kier molecular flexibility index (Phi) is 6.46. The van der Waals surface area contributed by atoms with E-state index in [2.05, 4.69) is 0 Å². The van der Waals surface area contributed by atoms with Gasteiger partial charge in [-0.3, -0.25) is 9.59 Å². The van der Waals surface area contributed by atoms with Gasteiger partial charge in [0.1, 0.15) is 11.2 Å². The van der Waals surface area contributed by atoms with E-state index in [1.807, 2.05) is 0 Å². The van der Waals surface area contributed by atoms with Crippen molar-refractivity contribution in [3.8, 4) is 0 Å². The van der Waals surface area contributed by atoms with Crippen LogP contribution in [0, 0.1) is 11.7 Å². The van der Waals surface area contributed by atoms with Gasteiger partial charge in [0.15, 0.2) is 0 Å². The number of carbonyl (C=O) groups is 2. The van der Waals surface area contributed by atoms with Gasteiger partial charge in [0, 0.05) is 25.2 Å². The van der Waals surface area contributed by atoms with E-state index in [0.717, 1.165) is 12.1 Å². The Morgan fingerprint density at radius 3 is 2.41 bits per heavy atom. The molecule has 9 heteroatoms. The Hall–Kier alpha value is -2.55. The summed E-state index contributed by atoms with van der Waals surface area (Å²) in [5.74, 6) is -0.240. The van der Waals surface area contributed by atoms with Crippen molar-refractivity contribution in [3.63, 3.8) is 0 Å². The van der Waals surface area contributed by atoms with Crippen LogP contribution in [-0.4, -0.2) is 47.0 Å². The quantitative estimate of drug-likeness (QED) is 0.598. The van der Waals surface area contributed by atoms with Gasteiger partial charge in [-0.2, -0.15) is 13.2 Å². The third kappa shape index (κ3) is 4.92. The topological polar surface area (TPSA) is 40.6 Å². The number of nitrogens with zero attached hydrogens (tertiary/aromatic N) is 2. The fourth-order valence-electron chi connectivity index (χ4n) is 4.17. The van der Waals surface area contributed by atoms with E-state index in [0.29, 0.717) is 43.6 Å². The number of amides is 2. The lowest BCUT2D eigenvalue weighted by Crippen LogP contribution is -2.42. The monoisotopic (exact) mass is 466 g/mol. The summed E-state index contributed by atoms with van der Waals surface area (Å²) >= 11 is 1.34. The molecule has 4 rings (SSSR count). The van der Waals surface area contributed by atoms with Crippen molar-refractivity contribution < 1.29 is 27.2 Å². The van der Waals surface area contributed by atoms with E-state index in [4.69, 9.17) is 0 Å². The third-order valence-corrected chi connectivity index (χ3v) is 7.17. The van der Waals surface area contributed by atoms with Crippen LogP contribution in [0.5, 0.6) is 0 Å². The Balaban J connectivity index is 1.39. The van der Waals surface area contributed by atoms with Crippen molar-refractivity contribution in [2.75, 3.05) is 25.4 Å². The highest BCUT2D eigenvalue weighted by Gasteiger charge is 2.37. The summed E-state index contributed by atoms with van der Waals surface area (Å²) in [5, 5.41) is -0.441. The van der Waals surface area contributed by atoms with Gasteiger partial charge in [0.25, 0.3) is 5.91 Å². The van der Waals surface area contributed by atoms with Gasteiger partial charge in [-0.1, -0.05) is 12.1 Å². The highest BCUT2D eigenvalue weighted by Crippen LogP contribution is 2.41. The number of carbonyl (C=O) groups excluding carboxylic acids is 2. The minimum Gasteiger partial charge on any atom is -0.339 e. The van der Waals surface area contributed by atoms with Gasteiger partial charge >= 0.3 is 6.18 Å².